The number of carbonyl (C=O) groups excluding carboxylic acids is 3. The first-order chi connectivity index (χ1) is 9.23. The summed E-state index contributed by atoms with van der Waals surface area (Å²) in [5, 5.41) is 12.1. The Balaban J connectivity index is 2.44. The van der Waals surface area contributed by atoms with Gasteiger partial charge in [-0.2, -0.15) is 0 Å². The zero-order valence-corrected chi connectivity index (χ0v) is 11.6. The first kappa shape index (κ1) is 14.0. The fraction of sp³-hybridized carbons (Fsp3) is 0.357. The maximum atomic E-state index is 11.9. The zero-order valence-electron chi connectivity index (χ0n) is 11.6. The molecule has 106 valence electrons. The number of anilines is 1. The van der Waals surface area contributed by atoms with Gasteiger partial charge in [0.05, 0.1) is 12.1 Å². The molecule has 2 amide bonds. The third-order valence-corrected chi connectivity index (χ3v) is 3.46. The van der Waals surface area contributed by atoms with E-state index in [0.717, 1.165) is 0 Å². The number of nitrogens with zero attached hydrogens (tertiary/aromatic N) is 1. The number of phenolic OH excluding ortho intramolecular Hbond substituents is 1. The van der Waals surface area contributed by atoms with Crippen molar-refractivity contribution in [3.63, 3.8) is 0 Å². The summed E-state index contributed by atoms with van der Waals surface area (Å²) in [4.78, 5) is 36.3. The van der Waals surface area contributed by atoms with Gasteiger partial charge in [0, 0.05) is 11.8 Å². The Morgan fingerprint density at radius 3 is 2.55 bits per heavy atom. The lowest BCUT2D eigenvalue weighted by molar-refractivity contribution is -0.135. The van der Waals surface area contributed by atoms with Crippen molar-refractivity contribution >= 4 is 23.3 Å². The highest BCUT2D eigenvalue weighted by Crippen LogP contribution is 2.30. The van der Waals surface area contributed by atoms with E-state index >= 15 is 0 Å². The second kappa shape index (κ2) is 4.63. The van der Waals surface area contributed by atoms with Gasteiger partial charge in [-0.25, -0.2) is 0 Å². The standard InChI is InChI=1S/C14H16N2O4/c1-8(17)10-5-4-9(6-11(10)18)16-7-12(19)15-13(20)14(16,2)3/h4-6,18H,7H2,1-3H3,(H,15,19,20). The number of rotatable bonds is 2. The predicted molar refractivity (Wildman–Crippen MR) is 72.7 cm³/mol. The molecule has 0 unspecified atom stereocenters. The van der Waals surface area contributed by atoms with Crippen molar-refractivity contribution in [3.05, 3.63) is 23.8 Å². The molecule has 1 aromatic carbocycles. The summed E-state index contributed by atoms with van der Waals surface area (Å²) in [7, 11) is 0. The van der Waals surface area contributed by atoms with Gasteiger partial charge >= 0.3 is 0 Å². The second-order valence-electron chi connectivity index (χ2n) is 5.28. The smallest absolute Gasteiger partial charge is 0.251 e. The number of phenols is 1. The lowest BCUT2D eigenvalue weighted by Crippen LogP contribution is -2.64. The fourth-order valence-electron chi connectivity index (χ4n) is 2.18. The van der Waals surface area contributed by atoms with Gasteiger partial charge < -0.3 is 10.0 Å². The Morgan fingerprint density at radius 2 is 2.00 bits per heavy atom. The van der Waals surface area contributed by atoms with Crippen LogP contribution in [0.3, 0.4) is 0 Å². The number of hydrogen-bond acceptors (Lipinski definition) is 5. The Bertz CT molecular complexity index is 607. The van der Waals surface area contributed by atoms with E-state index in [2.05, 4.69) is 5.32 Å². The number of nitrogens with one attached hydrogen (secondary N) is 1. The molecule has 0 atom stereocenters. The minimum atomic E-state index is -0.919. The van der Waals surface area contributed by atoms with E-state index in [0.29, 0.717) is 5.69 Å². The summed E-state index contributed by atoms with van der Waals surface area (Å²) in [6, 6.07) is 4.49. The van der Waals surface area contributed by atoms with Crippen LogP contribution in [0.5, 0.6) is 5.75 Å². The molecular weight excluding hydrogens is 260 g/mol. The molecule has 0 radical (unpaired) electrons. The van der Waals surface area contributed by atoms with Crippen molar-refractivity contribution in [2.75, 3.05) is 11.4 Å². The molecule has 2 rings (SSSR count). The molecule has 1 heterocycles. The molecule has 1 fully saturated rings. The third-order valence-electron chi connectivity index (χ3n) is 3.46. The van der Waals surface area contributed by atoms with Crippen LogP contribution in [0.25, 0.3) is 0 Å². The van der Waals surface area contributed by atoms with E-state index in [-0.39, 0.29) is 23.6 Å². The minimum absolute atomic E-state index is 0.0115. The van der Waals surface area contributed by atoms with Crippen LogP contribution in [-0.4, -0.2) is 34.8 Å². The van der Waals surface area contributed by atoms with Crippen LogP contribution in [0.4, 0.5) is 5.69 Å². The number of piperazine rings is 1. The number of hydrogen-bond donors (Lipinski definition) is 2. The topological polar surface area (TPSA) is 86.7 Å². The van der Waals surface area contributed by atoms with Crippen LogP contribution < -0.4 is 10.2 Å². The molecule has 0 bridgehead atoms. The predicted octanol–water partition coefficient (Wildman–Crippen LogP) is 0.836. The quantitative estimate of drug-likeness (QED) is 0.617. The van der Waals surface area contributed by atoms with E-state index in [1.165, 1.54) is 19.1 Å². The summed E-state index contributed by atoms with van der Waals surface area (Å²) >= 11 is 0. The van der Waals surface area contributed by atoms with Crippen molar-refractivity contribution in [3.8, 4) is 5.75 Å². The van der Waals surface area contributed by atoms with Gasteiger partial charge in [0.2, 0.25) is 5.91 Å². The van der Waals surface area contributed by atoms with Crippen molar-refractivity contribution in [2.24, 2.45) is 0 Å². The Hall–Kier alpha value is -2.37. The Morgan fingerprint density at radius 1 is 1.35 bits per heavy atom. The highest BCUT2D eigenvalue weighted by atomic mass is 16.3. The van der Waals surface area contributed by atoms with Crippen molar-refractivity contribution in [1.82, 2.24) is 5.32 Å². The number of imide groups is 1. The van der Waals surface area contributed by atoms with Crippen molar-refractivity contribution in [2.45, 2.75) is 26.3 Å². The van der Waals surface area contributed by atoms with E-state index in [1.54, 1.807) is 24.8 Å². The number of benzene rings is 1. The fourth-order valence-corrected chi connectivity index (χ4v) is 2.18. The number of carbonyl (C=O) groups is 3. The van der Waals surface area contributed by atoms with Gasteiger partial charge in [-0.3, -0.25) is 19.7 Å². The molecule has 1 aliphatic rings. The van der Waals surface area contributed by atoms with Crippen molar-refractivity contribution in [1.29, 1.82) is 0 Å². The van der Waals surface area contributed by atoms with Crippen molar-refractivity contribution < 1.29 is 19.5 Å². The van der Waals surface area contributed by atoms with E-state index < -0.39 is 17.4 Å². The molecule has 6 heteroatoms. The average molecular weight is 276 g/mol. The zero-order chi connectivity index (χ0) is 15.1. The highest BCUT2D eigenvalue weighted by Gasteiger charge is 2.41. The first-order valence-corrected chi connectivity index (χ1v) is 6.19. The number of Topliss-reactive ketones (excluding diaryl/α,β-unsaturated/α-hetero) is 1. The summed E-state index contributed by atoms with van der Waals surface area (Å²) in [5.74, 6) is -1.21. The normalized spacial score (nSPS) is 17.9. The first-order valence-electron chi connectivity index (χ1n) is 6.19. The summed E-state index contributed by atoms with van der Waals surface area (Å²) in [6.07, 6.45) is 0. The number of ketones is 1. The lowest BCUT2D eigenvalue weighted by Gasteiger charge is -2.41. The maximum absolute atomic E-state index is 11.9. The Kier molecular flexibility index (Phi) is 3.25. The SMILES string of the molecule is CC(=O)c1ccc(N2CC(=O)NC(=O)C2(C)C)cc1O. The Labute approximate surface area is 116 Å². The molecule has 1 saturated heterocycles. The van der Waals surface area contributed by atoms with Crippen LogP contribution in [0.15, 0.2) is 18.2 Å². The van der Waals surface area contributed by atoms with Gasteiger partial charge in [0.1, 0.15) is 11.3 Å². The van der Waals surface area contributed by atoms with E-state index in [1.807, 2.05) is 0 Å². The van der Waals surface area contributed by atoms with E-state index in [4.69, 9.17) is 0 Å². The molecule has 6 nitrogen and oxygen atoms in total. The van der Waals surface area contributed by atoms with Crippen LogP contribution >= 0.6 is 0 Å². The van der Waals surface area contributed by atoms with Gasteiger partial charge in [0.15, 0.2) is 5.78 Å². The van der Waals surface area contributed by atoms with Gasteiger partial charge in [-0.1, -0.05) is 0 Å². The molecule has 1 aromatic rings. The average Bonchev–Trinajstić information content (AvgIpc) is 2.33. The number of amides is 2. The molecule has 0 saturated carbocycles. The monoisotopic (exact) mass is 276 g/mol. The van der Waals surface area contributed by atoms with E-state index in [9.17, 15) is 19.5 Å². The second-order valence-corrected chi connectivity index (χ2v) is 5.28. The highest BCUT2D eigenvalue weighted by molar-refractivity contribution is 6.07. The van der Waals surface area contributed by atoms with Crippen LogP contribution in [0, 0.1) is 0 Å². The largest absolute Gasteiger partial charge is 0.507 e. The summed E-state index contributed by atoms with van der Waals surface area (Å²) in [5.41, 5.74) is -0.196. The summed E-state index contributed by atoms with van der Waals surface area (Å²) < 4.78 is 0. The third kappa shape index (κ3) is 2.24. The lowest BCUT2D eigenvalue weighted by atomic mass is 9.97. The summed E-state index contributed by atoms with van der Waals surface area (Å²) in [6.45, 7) is 4.74. The van der Waals surface area contributed by atoms with Gasteiger partial charge in [0.25, 0.3) is 5.91 Å². The molecule has 2 N–H and O–H groups in total. The van der Waals surface area contributed by atoms with Crippen LogP contribution in [0.1, 0.15) is 31.1 Å². The molecule has 0 aliphatic carbocycles. The van der Waals surface area contributed by atoms with Gasteiger partial charge in [-0.05, 0) is 32.9 Å². The molecule has 20 heavy (non-hydrogen) atoms. The molecule has 0 aromatic heterocycles. The van der Waals surface area contributed by atoms with Crippen LogP contribution in [0.2, 0.25) is 0 Å². The molecule has 0 spiro atoms. The number of aromatic hydroxyl groups is 1. The molecular formula is C14H16N2O4. The minimum Gasteiger partial charge on any atom is -0.507 e. The molecule has 1 aliphatic heterocycles. The van der Waals surface area contributed by atoms with Crippen LogP contribution in [-0.2, 0) is 9.59 Å². The maximum Gasteiger partial charge on any atom is 0.251 e. The van der Waals surface area contributed by atoms with Gasteiger partial charge in [-0.15, -0.1) is 0 Å².